The normalized spacial score (nSPS) is 10.4. The third kappa shape index (κ3) is 4.05. The van der Waals surface area contributed by atoms with E-state index in [-0.39, 0.29) is 0 Å². The Morgan fingerprint density at radius 3 is 2.61 bits per heavy atom. The second kappa shape index (κ2) is 7.03. The van der Waals surface area contributed by atoms with Crippen LogP contribution in [0.15, 0.2) is 18.2 Å². The molecule has 0 N–H and O–H groups in total. The molecule has 1 aromatic rings. The van der Waals surface area contributed by atoms with Gasteiger partial charge in [-0.3, -0.25) is 0 Å². The summed E-state index contributed by atoms with van der Waals surface area (Å²) in [6, 6.07) is 8.19. The van der Waals surface area contributed by atoms with Crippen LogP contribution in [0, 0.1) is 24.2 Å². The molecular formula is C15H22N2O. The van der Waals surface area contributed by atoms with Crippen LogP contribution < -0.4 is 4.90 Å². The van der Waals surface area contributed by atoms with Gasteiger partial charge in [0.25, 0.3) is 0 Å². The Kier molecular flexibility index (Phi) is 5.67. The van der Waals surface area contributed by atoms with Crippen LogP contribution in [-0.4, -0.2) is 26.8 Å². The molecule has 0 saturated carbocycles. The average Bonchev–Trinajstić information content (AvgIpc) is 2.34. The Morgan fingerprint density at radius 2 is 2.11 bits per heavy atom. The van der Waals surface area contributed by atoms with Gasteiger partial charge in [-0.25, -0.2) is 0 Å². The number of nitrogens with zero attached hydrogens (tertiary/aromatic N) is 2. The standard InChI is InChI=1S/C15H22N2O/c1-12(2)11-17(7-8-18-4)15-6-5-14(10-16)13(3)9-15/h5-6,9,12H,7-8,11H2,1-4H3. The molecule has 1 rings (SSSR count). The highest BCUT2D eigenvalue weighted by atomic mass is 16.5. The third-order valence-electron chi connectivity index (χ3n) is 2.85. The van der Waals surface area contributed by atoms with Crippen LogP contribution in [0.1, 0.15) is 25.0 Å². The Hall–Kier alpha value is -1.53. The molecule has 0 radical (unpaired) electrons. The van der Waals surface area contributed by atoms with Crippen molar-refractivity contribution in [2.24, 2.45) is 5.92 Å². The minimum atomic E-state index is 0.595. The molecule has 18 heavy (non-hydrogen) atoms. The fraction of sp³-hybridized carbons (Fsp3) is 0.533. The van der Waals surface area contributed by atoms with Gasteiger partial charge in [0.2, 0.25) is 0 Å². The van der Waals surface area contributed by atoms with E-state index in [1.165, 1.54) is 0 Å². The van der Waals surface area contributed by atoms with Crippen LogP contribution in [-0.2, 0) is 4.74 Å². The molecule has 0 amide bonds. The van der Waals surface area contributed by atoms with Gasteiger partial charge in [0.15, 0.2) is 0 Å². The second-order valence-electron chi connectivity index (χ2n) is 4.94. The van der Waals surface area contributed by atoms with Crippen molar-refractivity contribution < 1.29 is 4.74 Å². The number of aryl methyl sites for hydroxylation is 1. The molecule has 0 aliphatic rings. The number of hydrogen-bond donors (Lipinski definition) is 0. The van der Waals surface area contributed by atoms with Gasteiger partial charge in [0.05, 0.1) is 18.2 Å². The largest absolute Gasteiger partial charge is 0.383 e. The zero-order valence-corrected chi connectivity index (χ0v) is 11.7. The number of nitriles is 1. The molecule has 0 spiro atoms. The van der Waals surface area contributed by atoms with E-state index in [4.69, 9.17) is 10.00 Å². The maximum absolute atomic E-state index is 8.95. The van der Waals surface area contributed by atoms with E-state index < -0.39 is 0 Å². The van der Waals surface area contributed by atoms with Crippen LogP contribution in [0.5, 0.6) is 0 Å². The fourth-order valence-electron chi connectivity index (χ4n) is 1.94. The molecule has 0 aromatic heterocycles. The van der Waals surface area contributed by atoms with Crippen molar-refractivity contribution in [2.45, 2.75) is 20.8 Å². The van der Waals surface area contributed by atoms with Crippen molar-refractivity contribution in [3.8, 4) is 6.07 Å². The summed E-state index contributed by atoms with van der Waals surface area (Å²) in [7, 11) is 1.72. The van der Waals surface area contributed by atoms with Gasteiger partial charge in [-0.2, -0.15) is 5.26 Å². The molecule has 0 aliphatic carbocycles. The predicted molar refractivity (Wildman–Crippen MR) is 74.8 cm³/mol. The van der Waals surface area contributed by atoms with Crippen molar-refractivity contribution in [3.05, 3.63) is 29.3 Å². The number of methoxy groups -OCH3 is 1. The van der Waals surface area contributed by atoms with Gasteiger partial charge < -0.3 is 9.64 Å². The van der Waals surface area contributed by atoms with E-state index in [1.807, 2.05) is 19.1 Å². The minimum absolute atomic E-state index is 0.595. The van der Waals surface area contributed by atoms with Gasteiger partial charge in [0.1, 0.15) is 0 Å². The maximum atomic E-state index is 8.95. The summed E-state index contributed by atoms with van der Waals surface area (Å²) in [5.41, 5.74) is 2.94. The highest BCUT2D eigenvalue weighted by Gasteiger charge is 2.09. The Bertz CT molecular complexity index is 421. The molecule has 0 heterocycles. The topological polar surface area (TPSA) is 36.3 Å². The molecule has 0 saturated heterocycles. The van der Waals surface area contributed by atoms with E-state index in [2.05, 4.69) is 30.9 Å². The van der Waals surface area contributed by atoms with Crippen LogP contribution in [0.2, 0.25) is 0 Å². The lowest BCUT2D eigenvalue weighted by Gasteiger charge is -2.27. The number of anilines is 1. The third-order valence-corrected chi connectivity index (χ3v) is 2.85. The smallest absolute Gasteiger partial charge is 0.0994 e. The summed E-state index contributed by atoms with van der Waals surface area (Å²) >= 11 is 0. The van der Waals surface area contributed by atoms with E-state index in [1.54, 1.807) is 7.11 Å². The molecule has 0 aliphatic heterocycles. The zero-order valence-electron chi connectivity index (χ0n) is 11.7. The van der Waals surface area contributed by atoms with Crippen molar-refractivity contribution in [1.82, 2.24) is 0 Å². The number of rotatable bonds is 6. The Labute approximate surface area is 110 Å². The second-order valence-corrected chi connectivity index (χ2v) is 4.94. The highest BCUT2D eigenvalue weighted by molar-refractivity contribution is 5.53. The molecule has 0 fully saturated rings. The van der Waals surface area contributed by atoms with E-state index in [0.717, 1.165) is 29.9 Å². The van der Waals surface area contributed by atoms with Gasteiger partial charge >= 0.3 is 0 Å². The highest BCUT2D eigenvalue weighted by Crippen LogP contribution is 2.19. The molecule has 3 nitrogen and oxygen atoms in total. The van der Waals surface area contributed by atoms with Gasteiger partial charge in [0, 0.05) is 25.9 Å². The summed E-state index contributed by atoms with van der Waals surface area (Å²) < 4.78 is 5.16. The summed E-state index contributed by atoms with van der Waals surface area (Å²) in [5, 5.41) is 8.95. The van der Waals surface area contributed by atoms with E-state index >= 15 is 0 Å². The van der Waals surface area contributed by atoms with Crippen LogP contribution >= 0.6 is 0 Å². The molecule has 98 valence electrons. The molecule has 1 aromatic carbocycles. The van der Waals surface area contributed by atoms with E-state index in [0.29, 0.717) is 12.5 Å². The van der Waals surface area contributed by atoms with Crippen LogP contribution in [0.4, 0.5) is 5.69 Å². The summed E-state index contributed by atoms with van der Waals surface area (Å²) in [5.74, 6) is 0.595. The average molecular weight is 246 g/mol. The lowest BCUT2D eigenvalue weighted by atomic mass is 10.1. The number of ether oxygens (including phenoxy) is 1. The monoisotopic (exact) mass is 246 g/mol. The lowest BCUT2D eigenvalue weighted by Crippen LogP contribution is -2.31. The van der Waals surface area contributed by atoms with Crippen LogP contribution in [0.25, 0.3) is 0 Å². The first kappa shape index (κ1) is 14.5. The Morgan fingerprint density at radius 1 is 1.39 bits per heavy atom. The van der Waals surface area contributed by atoms with Gasteiger partial charge in [-0.1, -0.05) is 13.8 Å². The zero-order chi connectivity index (χ0) is 13.5. The SMILES string of the molecule is COCCN(CC(C)C)c1ccc(C#N)c(C)c1. The van der Waals surface area contributed by atoms with Gasteiger partial charge in [-0.05, 0) is 36.6 Å². The molecule has 3 heteroatoms. The quantitative estimate of drug-likeness (QED) is 0.774. The number of benzene rings is 1. The fourth-order valence-corrected chi connectivity index (χ4v) is 1.94. The summed E-state index contributed by atoms with van der Waals surface area (Å²) in [4.78, 5) is 2.31. The van der Waals surface area contributed by atoms with Crippen molar-refractivity contribution in [3.63, 3.8) is 0 Å². The first-order chi connectivity index (χ1) is 8.58. The molecule has 0 bridgehead atoms. The predicted octanol–water partition coefficient (Wildman–Crippen LogP) is 2.98. The lowest BCUT2D eigenvalue weighted by molar-refractivity contribution is 0.204. The first-order valence-electron chi connectivity index (χ1n) is 6.33. The maximum Gasteiger partial charge on any atom is 0.0994 e. The molecular weight excluding hydrogens is 224 g/mol. The van der Waals surface area contributed by atoms with Crippen molar-refractivity contribution >= 4 is 5.69 Å². The molecule has 0 atom stereocenters. The summed E-state index contributed by atoms with van der Waals surface area (Å²) in [6.07, 6.45) is 0. The first-order valence-corrected chi connectivity index (χ1v) is 6.33. The van der Waals surface area contributed by atoms with Gasteiger partial charge in [-0.15, -0.1) is 0 Å². The van der Waals surface area contributed by atoms with Crippen molar-refractivity contribution in [2.75, 3.05) is 31.7 Å². The minimum Gasteiger partial charge on any atom is -0.383 e. The molecule has 0 unspecified atom stereocenters. The number of hydrogen-bond acceptors (Lipinski definition) is 3. The van der Waals surface area contributed by atoms with E-state index in [9.17, 15) is 0 Å². The van der Waals surface area contributed by atoms with Crippen molar-refractivity contribution in [1.29, 1.82) is 5.26 Å². The van der Waals surface area contributed by atoms with Crippen LogP contribution in [0.3, 0.4) is 0 Å². The summed E-state index contributed by atoms with van der Waals surface area (Å²) in [6.45, 7) is 8.97. The Balaban J connectivity index is 2.90.